The van der Waals surface area contributed by atoms with Crippen LogP contribution in [0.25, 0.3) is 0 Å². The zero-order valence-corrected chi connectivity index (χ0v) is 8.22. The molecule has 1 heterocycles. The Morgan fingerprint density at radius 3 is 2.83 bits per heavy atom. The van der Waals surface area contributed by atoms with E-state index in [1.54, 1.807) is 0 Å². The second-order valence-electron chi connectivity index (χ2n) is 3.87. The van der Waals surface area contributed by atoms with Gasteiger partial charge in [0.15, 0.2) is 0 Å². The standard InChI is InChI=1S/C9H14N2S/c1-8-4-10-11(5-8)6-9(7-12)2-3-9/h4-5,12H,2-3,6-7H2,1H3. The summed E-state index contributed by atoms with van der Waals surface area (Å²) in [4.78, 5) is 0. The molecule has 66 valence electrons. The third kappa shape index (κ3) is 1.51. The van der Waals surface area contributed by atoms with Crippen molar-refractivity contribution in [2.45, 2.75) is 26.3 Å². The van der Waals surface area contributed by atoms with E-state index in [1.807, 2.05) is 10.9 Å². The molecule has 1 saturated carbocycles. The van der Waals surface area contributed by atoms with Gasteiger partial charge in [-0.3, -0.25) is 4.68 Å². The molecule has 0 N–H and O–H groups in total. The molecular formula is C9H14N2S. The number of thiol groups is 1. The van der Waals surface area contributed by atoms with Gasteiger partial charge in [-0.1, -0.05) is 0 Å². The van der Waals surface area contributed by atoms with E-state index in [-0.39, 0.29) is 0 Å². The molecule has 1 aromatic rings. The quantitative estimate of drug-likeness (QED) is 0.707. The van der Waals surface area contributed by atoms with Gasteiger partial charge in [-0.2, -0.15) is 17.7 Å². The van der Waals surface area contributed by atoms with Gasteiger partial charge in [0.05, 0.1) is 6.20 Å². The molecule has 0 radical (unpaired) electrons. The van der Waals surface area contributed by atoms with E-state index in [0.29, 0.717) is 5.41 Å². The molecule has 0 spiro atoms. The summed E-state index contributed by atoms with van der Waals surface area (Å²) in [5.74, 6) is 0.992. The molecule has 3 heteroatoms. The fourth-order valence-corrected chi connectivity index (χ4v) is 1.86. The van der Waals surface area contributed by atoms with E-state index >= 15 is 0 Å². The van der Waals surface area contributed by atoms with E-state index in [9.17, 15) is 0 Å². The van der Waals surface area contributed by atoms with Crippen LogP contribution in [0, 0.1) is 12.3 Å². The third-order valence-corrected chi connectivity index (χ3v) is 3.22. The molecule has 12 heavy (non-hydrogen) atoms. The minimum absolute atomic E-state index is 0.474. The molecule has 0 unspecified atom stereocenters. The fourth-order valence-electron chi connectivity index (χ4n) is 1.44. The number of hydrogen-bond donors (Lipinski definition) is 1. The molecule has 2 rings (SSSR count). The van der Waals surface area contributed by atoms with Crippen molar-refractivity contribution in [1.82, 2.24) is 9.78 Å². The average molecular weight is 182 g/mol. The molecular weight excluding hydrogens is 168 g/mol. The molecule has 0 bridgehead atoms. The fraction of sp³-hybridized carbons (Fsp3) is 0.667. The lowest BCUT2D eigenvalue weighted by atomic mass is 10.1. The van der Waals surface area contributed by atoms with Crippen molar-refractivity contribution in [2.24, 2.45) is 5.41 Å². The van der Waals surface area contributed by atoms with E-state index in [0.717, 1.165) is 12.3 Å². The minimum Gasteiger partial charge on any atom is -0.272 e. The maximum atomic E-state index is 4.36. The molecule has 1 aromatic heterocycles. The van der Waals surface area contributed by atoms with Crippen molar-refractivity contribution in [2.75, 3.05) is 5.75 Å². The van der Waals surface area contributed by atoms with E-state index in [4.69, 9.17) is 0 Å². The summed E-state index contributed by atoms with van der Waals surface area (Å²) < 4.78 is 2.04. The number of aryl methyl sites for hydroxylation is 1. The average Bonchev–Trinajstić information content (AvgIpc) is 2.71. The van der Waals surface area contributed by atoms with Crippen LogP contribution in [0.2, 0.25) is 0 Å². The monoisotopic (exact) mass is 182 g/mol. The first kappa shape index (κ1) is 8.17. The van der Waals surface area contributed by atoms with Crippen molar-refractivity contribution in [3.63, 3.8) is 0 Å². The summed E-state index contributed by atoms with van der Waals surface area (Å²) in [5.41, 5.74) is 1.71. The van der Waals surface area contributed by atoms with Crippen molar-refractivity contribution in [3.05, 3.63) is 18.0 Å². The molecule has 2 nitrogen and oxygen atoms in total. The van der Waals surface area contributed by atoms with Gasteiger partial charge in [-0.25, -0.2) is 0 Å². The summed E-state index contributed by atoms with van der Waals surface area (Å²) in [5, 5.41) is 4.27. The maximum Gasteiger partial charge on any atom is 0.0518 e. The Labute approximate surface area is 78.4 Å². The maximum absolute atomic E-state index is 4.36. The number of aromatic nitrogens is 2. The summed E-state index contributed by atoms with van der Waals surface area (Å²) in [6.07, 6.45) is 6.64. The van der Waals surface area contributed by atoms with Crippen LogP contribution < -0.4 is 0 Å². The predicted octanol–water partition coefficient (Wildman–Crippen LogP) is 1.90. The normalized spacial score (nSPS) is 19.5. The van der Waals surface area contributed by atoms with Gasteiger partial charge >= 0.3 is 0 Å². The Morgan fingerprint density at radius 2 is 2.42 bits per heavy atom. The van der Waals surface area contributed by atoms with E-state index in [2.05, 4.69) is 30.8 Å². The van der Waals surface area contributed by atoms with Crippen molar-refractivity contribution in [1.29, 1.82) is 0 Å². The molecule has 0 amide bonds. The van der Waals surface area contributed by atoms with Gasteiger partial charge in [-0.15, -0.1) is 0 Å². The van der Waals surface area contributed by atoms with Crippen LogP contribution in [0.15, 0.2) is 12.4 Å². The molecule has 0 aliphatic heterocycles. The molecule has 0 saturated heterocycles. The Kier molecular flexibility index (Phi) is 1.91. The third-order valence-electron chi connectivity index (χ3n) is 2.55. The number of rotatable bonds is 3. The van der Waals surface area contributed by atoms with Crippen LogP contribution in [0.4, 0.5) is 0 Å². The zero-order chi connectivity index (χ0) is 8.60. The largest absolute Gasteiger partial charge is 0.272 e. The highest BCUT2D eigenvalue weighted by atomic mass is 32.1. The lowest BCUT2D eigenvalue weighted by Crippen LogP contribution is -2.13. The second-order valence-corrected chi connectivity index (χ2v) is 4.19. The SMILES string of the molecule is Cc1cnn(CC2(CS)CC2)c1. The van der Waals surface area contributed by atoms with E-state index < -0.39 is 0 Å². The van der Waals surface area contributed by atoms with Crippen LogP contribution >= 0.6 is 12.6 Å². The lowest BCUT2D eigenvalue weighted by molar-refractivity contribution is 0.440. The van der Waals surface area contributed by atoms with Gasteiger partial charge in [-0.05, 0) is 36.5 Å². The molecule has 0 atom stereocenters. The van der Waals surface area contributed by atoms with Crippen LogP contribution in [0.5, 0.6) is 0 Å². The first-order chi connectivity index (χ1) is 5.74. The summed E-state index contributed by atoms with van der Waals surface area (Å²) in [7, 11) is 0. The highest BCUT2D eigenvalue weighted by Crippen LogP contribution is 2.47. The first-order valence-corrected chi connectivity index (χ1v) is 4.97. The van der Waals surface area contributed by atoms with Crippen molar-refractivity contribution in [3.8, 4) is 0 Å². The summed E-state index contributed by atoms with van der Waals surface area (Å²) >= 11 is 4.36. The van der Waals surface area contributed by atoms with Gasteiger partial charge < -0.3 is 0 Å². The number of nitrogens with zero attached hydrogens (tertiary/aromatic N) is 2. The first-order valence-electron chi connectivity index (χ1n) is 4.34. The minimum atomic E-state index is 0.474. The Hall–Kier alpha value is -0.440. The van der Waals surface area contributed by atoms with Crippen LogP contribution in [0.3, 0.4) is 0 Å². The van der Waals surface area contributed by atoms with Crippen LogP contribution in [-0.2, 0) is 6.54 Å². The highest BCUT2D eigenvalue weighted by Gasteiger charge is 2.41. The van der Waals surface area contributed by atoms with Gasteiger partial charge in [0.25, 0.3) is 0 Å². The molecule has 1 fully saturated rings. The van der Waals surface area contributed by atoms with Gasteiger partial charge in [0, 0.05) is 12.7 Å². The predicted molar refractivity (Wildman–Crippen MR) is 52.5 cm³/mol. The Bertz CT molecular complexity index is 276. The zero-order valence-electron chi connectivity index (χ0n) is 7.32. The second kappa shape index (κ2) is 2.80. The van der Waals surface area contributed by atoms with Crippen LogP contribution in [-0.4, -0.2) is 15.5 Å². The van der Waals surface area contributed by atoms with Crippen molar-refractivity contribution < 1.29 is 0 Å². The summed E-state index contributed by atoms with van der Waals surface area (Å²) in [6, 6.07) is 0. The smallest absolute Gasteiger partial charge is 0.0518 e. The Balaban J connectivity index is 2.04. The molecule has 1 aliphatic carbocycles. The van der Waals surface area contributed by atoms with Gasteiger partial charge in [0.1, 0.15) is 0 Å². The molecule has 0 aromatic carbocycles. The molecule has 1 aliphatic rings. The lowest BCUT2D eigenvalue weighted by Gasteiger charge is -2.10. The number of hydrogen-bond acceptors (Lipinski definition) is 2. The highest BCUT2D eigenvalue weighted by molar-refractivity contribution is 7.80. The van der Waals surface area contributed by atoms with Gasteiger partial charge in [0.2, 0.25) is 0 Å². The summed E-state index contributed by atoms with van der Waals surface area (Å²) in [6.45, 7) is 3.12. The topological polar surface area (TPSA) is 17.8 Å². The van der Waals surface area contributed by atoms with E-state index in [1.165, 1.54) is 18.4 Å². The van der Waals surface area contributed by atoms with Crippen molar-refractivity contribution >= 4 is 12.6 Å². The van der Waals surface area contributed by atoms with Crippen LogP contribution in [0.1, 0.15) is 18.4 Å². The Morgan fingerprint density at radius 1 is 1.67 bits per heavy atom.